The van der Waals surface area contributed by atoms with E-state index in [1.165, 1.54) is 12.1 Å². The highest BCUT2D eigenvalue weighted by atomic mass is 19.1. The highest BCUT2D eigenvalue weighted by molar-refractivity contribution is 5.35. The zero-order valence-electron chi connectivity index (χ0n) is 9.86. The van der Waals surface area contributed by atoms with Crippen LogP contribution in [-0.2, 0) is 4.74 Å². The number of benzene rings is 1. The molecule has 0 radical (unpaired) electrons. The van der Waals surface area contributed by atoms with Crippen molar-refractivity contribution in [3.05, 3.63) is 29.6 Å². The molecule has 1 aromatic carbocycles. The van der Waals surface area contributed by atoms with Crippen molar-refractivity contribution in [2.75, 3.05) is 13.2 Å². The summed E-state index contributed by atoms with van der Waals surface area (Å²) in [6, 6.07) is 4.20. The molecule has 0 aliphatic carbocycles. The van der Waals surface area contributed by atoms with E-state index in [1.54, 1.807) is 13.0 Å². The Morgan fingerprint density at radius 3 is 3.00 bits per heavy atom. The van der Waals surface area contributed by atoms with Crippen LogP contribution in [0.1, 0.15) is 31.4 Å². The molecule has 1 aliphatic rings. The molecule has 3 nitrogen and oxygen atoms in total. The van der Waals surface area contributed by atoms with Gasteiger partial charge in [-0.2, -0.15) is 0 Å². The lowest BCUT2D eigenvalue weighted by Crippen LogP contribution is -2.28. The number of hydrogen-bond acceptors (Lipinski definition) is 3. The van der Waals surface area contributed by atoms with Crippen LogP contribution in [0.4, 0.5) is 4.39 Å². The second-order valence-electron chi connectivity index (χ2n) is 4.32. The van der Waals surface area contributed by atoms with Crippen molar-refractivity contribution >= 4 is 0 Å². The topological polar surface area (TPSA) is 38.7 Å². The summed E-state index contributed by atoms with van der Waals surface area (Å²) < 4.78 is 24.2. The molecule has 1 heterocycles. The molecule has 17 heavy (non-hydrogen) atoms. The van der Waals surface area contributed by atoms with Crippen LogP contribution in [0.5, 0.6) is 5.75 Å². The van der Waals surface area contributed by atoms with E-state index in [-0.39, 0.29) is 11.9 Å². The van der Waals surface area contributed by atoms with Crippen molar-refractivity contribution in [2.45, 2.75) is 32.0 Å². The second-order valence-corrected chi connectivity index (χ2v) is 4.32. The minimum Gasteiger partial charge on any atom is -0.488 e. The average molecular weight is 240 g/mol. The summed E-state index contributed by atoms with van der Waals surface area (Å²) in [5.74, 6) is 0.0524. The van der Waals surface area contributed by atoms with E-state index < -0.39 is 6.10 Å². The standard InChI is InChI=1S/C13H17FO3/c1-9(15)12-5-4-10(14)7-13(12)17-11-3-2-6-16-8-11/h4-5,7,9,11,15H,2-3,6,8H2,1H3/t9-,11?/m0/s1. The van der Waals surface area contributed by atoms with Gasteiger partial charge in [0.25, 0.3) is 0 Å². The first kappa shape index (κ1) is 12.3. The number of rotatable bonds is 3. The van der Waals surface area contributed by atoms with Gasteiger partial charge in [0.2, 0.25) is 0 Å². The number of hydrogen-bond donors (Lipinski definition) is 1. The highest BCUT2D eigenvalue weighted by Gasteiger charge is 2.18. The monoisotopic (exact) mass is 240 g/mol. The van der Waals surface area contributed by atoms with Gasteiger partial charge in [-0.1, -0.05) is 0 Å². The Bertz CT molecular complexity index is 373. The van der Waals surface area contributed by atoms with E-state index in [4.69, 9.17) is 9.47 Å². The lowest BCUT2D eigenvalue weighted by molar-refractivity contribution is 0.00600. The molecule has 94 valence electrons. The molecule has 0 saturated carbocycles. The minimum absolute atomic E-state index is 0.0527. The number of halogens is 1. The molecule has 4 heteroatoms. The summed E-state index contributed by atoms with van der Waals surface area (Å²) >= 11 is 0. The van der Waals surface area contributed by atoms with Gasteiger partial charge in [-0.25, -0.2) is 4.39 Å². The first-order valence-corrected chi connectivity index (χ1v) is 5.88. The Morgan fingerprint density at radius 2 is 2.35 bits per heavy atom. The van der Waals surface area contributed by atoms with Crippen LogP contribution in [0, 0.1) is 5.82 Å². The Morgan fingerprint density at radius 1 is 1.53 bits per heavy atom. The normalized spacial score (nSPS) is 22.2. The molecule has 0 amide bonds. The van der Waals surface area contributed by atoms with Gasteiger partial charge in [0, 0.05) is 18.2 Å². The fourth-order valence-electron chi connectivity index (χ4n) is 1.94. The first-order chi connectivity index (χ1) is 8.16. The van der Waals surface area contributed by atoms with Crippen LogP contribution in [-0.4, -0.2) is 24.4 Å². The average Bonchev–Trinajstić information content (AvgIpc) is 2.30. The molecule has 2 rings (SSSR count). The van der Waals surface area contributed by atoms with Crippen molar-refractivity contribution in [1.29, 1.82) is 0 Å². The predicted molar refractivity (Wildman–Crippen MR) is 61.5 cm³/mol. The van der Waals surface area contributed by atoms with E-state index in [9.17, 15) is 9.50 Å². The molecular formula is C13H17FO3. The molecule has 0 spiro atoms. The van der Waals surface area contributed by atoms with E-state index in [0.29, 0.717) is 17.9 Å². The van der Waals surface area contributed by atoms with Crippen LogP contribution < -0.4 is 4.74 Å². The maximum absolute atomic E-state index is 13.2. The largest absolute Gasteiger partial charge is 0.488 e. The van der Waals surface area contributed by atoms with Crippen LogP contribution in [0.25, 0.3) is 0 Å². The minimum atomic E-state index is -0.671. The van der Waals surface area contributed by atoms with Gasteiger partial charge in [-0.15, -0.1) is 0 Å². The molecule has 2 atom stereocenters. The van der Waals surface area contributed by atoms with Crippen LogP contribution >= 0.6 is 0 Å². The smallest absolute Gasteiger partial charge is 0.128 e. The fourth-order valence-corrected chi connectivity index (χ4v) is 1.94. The Labute approximate surface area is 100 Å². The van der Waals surface area contributed by atoms with Crippen molar-refractivity contribution in [2.24, 2.45) is 0 Å². The van der Waals surface area contributed by atoms with Gasteiger partial charge >= 0.3 is 0 Å². The van der Waals surface area contributed by atoms with Gasteiger partial charge in [0.1, 0.15) is 17.7 Å². The molecule has 0 bridgehead atoms. The molecular weight excluding hydrogens is 223 g/mol. The van der Waals surface area contributed by atoms with Gasteiger partial charge in [0.15, 0.2) is 0 Å². The van der Waals surface area contributed by atoms with Crippen molar-refractivity contribution in [1.82, 2.24) is 0 Å². The van der Waals surface area contributed by atoms with Gasteiger partial charge < -0.3 is 14.6 Å². The van der Waals surface area contributed by atoms with Gasteiger partial charge in [-0.05, 0) is 31.9 Å². The van der Waals surface area contributed by atoms with Gasteiger partial charge in [-0.3, -0.25) is 0 Å². The van der Waals surface area contributed by atoms with E-state index in [2.05, 4.69) is 0 Å². The van der Waals surface area contributed by atoms with E-state index >= 15 is 0 Å². The van der Waals surface area contributed by atoms with E-state index in [0.717, 1.165) is 19.4 Å². The number of ether oxygens (including phenoxy) is 2. The Balaban J connectivity index is 2.14. The van der Waals surface area contributed by atoms with Crippen molar-refractivity contribution in [3.63, 3.8) is 0 Å². The van der Waals surface area contributed by atoms with Crippen LogP contribution in [0.3, 0.4) is 0 Å². The van der Waals surface area contributed by atoms with E-state index in [1.807, 2.05) is 0 Å². The zero-order valence-corrected chi connectivity index (χ0v) is 9.86. The quantitative estimate of drug-likeness (QED) is 0.882. The maximum Gasteiger partial charge on any atom is 0.128 e. The Kier molecular flexibility index (Phi) is 3.97. The number of aliphatic hydroxyl groups excluding tert-OH is 1. The fraction of sp³-hybridized carbons (Fsp3) is 0.538. The lowest BCUT2D eigenvalue weighted by Gasteiger charge is -2.25. The third-order valence-corrected chi connectivity index (χ3v) is 2.84. The summed E-state index contributed by atoms with van der Waals surface area (Å²) in [7, 11) is 0. The molecule has 1 saturated heterocycles. The SMILES string of the molecule is C[C@H](O)c1ccc(F)cc1OC1CCCOC1. The molecule has 0 aromatic heterocycles. The van der Waals surface area contributed by atoms with Crippen molar-refractivity contribution in [3.8, 4) is 5.75 Å². The lowest BCUT2D eigenvalue weighted by atomic mass is 10.1. The van der Waals surface area contributed by atoms with Crippen LogP contribution in [0.15, 0.2) is 18.2 Å². The van der Waals surface area contributed by atoms with Crippen LogP contribution in [0.2, 0.25) is 0 Å². The summed E-state index contributed by atoms with van der Waals surface area (Å²) in [5.41, 5.74) is 0.608. The zero-order chi connectivity index (χ0) is 12.3. The van der Waals surface area contributed by atoms with Gasteiger partial charge in [0.05, 0.1) is 12.7 Å². The third kappa shape index (κ3) is 3.17. The predicted octanol–water partition coefficient (Wildman–Crippen LogP) is 2.44. The van der Waals surface area contributed by atoms with Crippen molar-refractivity contribution < 1.29 is 19.0 Å². The summed E-state index contributed by atoms with van der Waals surface area (Å²) in [6.45, 7) is 2.92. The molecule has 1 aromatic rings. The summed E-state index contributed by atoms with van der Waals surface area (Å²) in [6.07, 6.45) is 1.12. The summed E-state index contributed by atoms with van der Waals surface area (Å²) in [4.78, 5) is 0. The highest BCUT2D eigenvalue weighted by Crippen LogP contribution is 2.28. The Hall–Kier alpha value is -1.13. The summed E-state index contributed by atoms with van der Waals surface area (Å²) in [5, 5.41) is 9.59. The third-order valence-electron chi connectivity index (χ3n) is 2.84. The molecule has 1 fully saturated rings. The maximum atomic E-state index is 13.2. The molecule has 1 unspecified atom stereocenters. The molecule has 1 N–H and O–H groups in total. The molecule has 1 aliphatic heterocycles. The first-order valence-electron chi connectivity index (χ1n) is 5.88. The number of aliphatic hydroxyl groups is 1. The second kappa shape index (κ2) is 5.47.